The average Bonchev–Trinajstić information content (AvgIpc) is 2.51. The van der Waals surface area contributed by atoms with Crippen LogP contribution in [0.2, 0.25) is 0 Å². The lowest BCUT2D eigenvalue weighted by Crippen LogP contribution is -2.62. The summed E-state index contributed by atoms with van der Waals surface area (Å²) in [7, 11) is 0. The molecule has 128 valence electrons. The minimum atomic E-state index is -0.993. The predicted molar refractivity (Wildman–Crippen MR) is 93.0 cm³/mol. The van der Waals surface area contributed by atoms with Gasteiger partial charge in [0.1, 0.15) is 5.54 Å². The fourth-order valence-electron chi connectivity index (χ4n) is 2.20. The Labute approximate surface area is 139 Å². The van der Waals surface area contributed by atoms with Gasteiger partial charge in [-0.15, -0.1) is 0 Å². The molecule has 0 aliphatic carbocycles. The SMILES string of the molecule is CC[C@H](C)[C@](C)(NC(=O)c1ccccc1)C(=O)NCC(C)(C)N. The maximum atomic E-state index is 12.7. The van der Waals surface area contributed by atoms with Gasteiger partial charge in [0.15, 0.2) is 0 Å². The lowest BCUT2D eigenvalue weighted by Gasteiger charge is -2.35. The molecule has 1 aromatic rings. The van der Waals surface area contributed by atoms with Crippen LogP contribution in [0, 0.1) is 5.92 Å². The summed E-state index contributed by atoms with van der Waals surface area (Å²) in [6.45, 7) is 9.75. The van der Waals surface area contributed by atoms with Gasteiger partial charge >= 0.3 is 0 Å². The molecule has 0 fully saturated rings. The van der Waals surface area contributed by atoms with Crippen LogP contribution in [-0.2, 0) is 4.79 Å². The number of hydrogen-bond acceptors (Lipinski definition) is 3. The number of nitrogens with two attached hydrogens (primary N) is 1. The Hall–Kier alpha value is -1.88. The summed E-state index contributed by atoms with van der Waals surface area (Å²) >= 11 is 0. The maximum absolute atomic E-state index is 12.7. The molecule has 0 aliphatic rings. The molecule has 23 heavy (non-hydrogen) atoms. The Bertz CT molecular complexity index is 537. The quantitative estimate of drug-likeness (QED) is 0.719. The number of carbonyl (C=O) groups excluding carboxylic acids is 2. The average molecular weight is 319 g/mol. The second-order valence-electron chi connectivity index (χ2n) is 7.00. The van der Waals surface area contributed by atoms with Crippen molar-refractivity contribution in [3.63, 3.8) is 0 Å². The van der Waals surface area contributed by atoms with E-state index in [0.29, 0.717) is 12.1 Å². The number of amides is 2. The Morgan fingerprint density at radius 2 is 1.74 bits per heavy atom. The van der Waals surface area contributed by atoms with E-state index in [0.717, 1.165) is 6.42 Å². The number of hydrogen-bond donors (Lipinski definition) is 3. The molecule has 4 N–H and O–H groups in total. The van der Waals surface area contributed by atoms with Crippen LogP contribution in [0.3, 0.4) is 0 Å². The van der Waals surface area contributed by atoms with Crippen LogP contribution >= 0.6 is 0 Å². The second-order valence-corrected chi connectivity index (χ2v) is 7.00. The second kappa shape index (κ2) is 7.59. The third kappa shape index (κ3) is 5.36. The first-order valence-corrected chi connectivity index (χ1v) is 8.05. The highest BCUT2D eigenvalue weighted by Crippen LogP contribution is 2.21. The topological polar surface area (TPSA) is 84.2 Å². The molecular formula is C18H29N3O2. The van der Waals surface area contributed by atoms with Gasteiger partial charge in [0, 0.05) is 17.6 Å². The van der Waals surface area contributed by atoms with Crippen LogP contribution in [0.1, 0.15) is 51.4 Å². The van der Waals surface area contributed by atoms with Crippen LogP contribution in [0.5, 0.6) is 0 Å². The molecule has 0 unspecified atom stereocenters. The first-order chi connectivity index (χ1) is 10.6. The van der Waals surface area contributed by atoms with Crippen LogP contribution in [0.25, 0.3) is 0 Å². The normalized spacial score (nSPS) is 15.4. The molecule has 5 nitrogen and oxygen atoms in total. The van der Waals surface area contributed by atoms with Gasteiger partial charge in [-0.1, -0.05) is 38.5 Å². The van der Waals surface area contributed by atoms with Crippen molar-refractivity contribution in [3.05, 3.63) is 35.9 Å². The fraction of sp³-hybridized carbons (Fsp3) is 0.556. The molecule has 0 aliphatic heterocycles. The van der Waals surface area contributed by atoms with E-state index in [4.69, 9.17) is 5.73 Å². The van der Waals surface area contributed by atoms with E-state index in [-0.39, 0.29) is 17.7 Å². The van der Waals surface area contributed by atoms with Crippen molar-refractivity contribution in [1.29, 1.82) is 0 Å². The summed E-state index contributed by atoms with van der Waals surface area (Å²) in [5.41, 5.74) is 4.96. The predicted octanol–water partition coefficient (Wildman–Crippen LogP) is 2.07. The van der Waals surface area contributed by atoms with Crippen molar-refractivity contribution < 1.29 is 9.59 Å². The summed E-state index contributed by atoms with van der Waals surface area (Å²) in [4.78, 5) is 25.2. The number of benzene rings is 1. The van der Waals surface area contributed by atoms with Gasteiger partial charge in [-0.2, -0.15) is 0 Å². The molecule has 0 bridgehead atoms. The van der Waals surface area contributed by atoms with Crippen LogP contribution in [0.15, 0.2) is 30.3 Å². The van der Waals surface area contributed by atoms with E-state index in [2.05, 4.69) is 10.6 Å². The van der Waals surface area contributed by atoms with E-state index >= 15 is 0 Å². The molecule has 0 aromatic heterocycles. The maximum Gasteiger partial charge on any atom is 0.252 e. The van der Waals surface area contributed by atoms with Crippen molar-refractivity contribution in [2.45, 2.75) is 52.1 Å². The highest BCUT2D eigenvalue weighted by atomic mass is 16.2. The number of carbonyl (C=O) groups is 2. The third-order valence-electron chi connectivity index (χ3n) is 4.18. The van der Waals surface area contributed by atoms with E-state index in [1.807, 2.05) is 33.8 Å². The van der Waals surface area contributed by atoms with Crippen molar-refractivity contribution in [2.75, 3.05) is 6.54 Å². The molecule has 0 saturated heterocycles. The highest BCUT2D eigenvalue weighted by molar-refractivity contribution is 5.99. The zero-order valence-corrected chi connectivity index (χ0v) is 14.8. The van der Waals surface area contributed by atoms with Gasteiger partial charge in [-0.3, -0.25) is 9.59 Å². The van der Waals surface area contributed by atoms with Crippen molar-refractivity contribution >= 4 is 11.8 Å². The Balaban J connectivity index is 2.94. The number of nitrogens with one attached hydrogen (secondary N) is 2. The van der Waals surface area contributed by atoms with E-state index < -0.39 is 11.1 Å². The summed E-state index contributed by atoms with van der Waals surface area (Å²) in [5.74, 6) is -0.485. The molecule has 0 spiro atoms. The minimum absolute atomic E-state index is 0.0175. The lowest BCUT2D eigenvalue weighted by molar-refractivity contribution is -0.128. The highest BCUT2D eigenvalue weighted by Gasteiger charge is 2.39. The van der Waals surface area contributed by atoms with Gasteiger partial charge < -0.3 is 16.4 Å². The monoisotopic (exact) mass is 319 g/mol. The molecule has 5 heteroatoms. The fourth-order valence-corrected chi connectivity index (χ4v) is 2.20. The Morgan fingerprint density at radius 3 is 2.22 bits per heavy atom. The zero-order chi connectivity index (χ0) is 17.7. The minimum Gasteiger partial charge on any atom is -0.352 e. The largest absolute Gasteiger partial charge is 0.352 e. The Kier molecular flexibility index (Phi) is 6.33. The summed E-state index contributed by atoms with van der Waals surface area (Å²) in [5, 5.41) is 5.76. The summed E-state index contributed by atoms with van der Waals surface area (Å²) in [6, 6.07) is 8.90. The van der Waals surface area contributed by atoms with E-state index in [1.54, 1.807) is 31.2 Å². The third-order valence-corrected chi connectivity index (χ3v) is 4.18. The van der Waals surface area contributed by atoms with Gasteiger partial charge in [0.2, 0.25) is 5.91 Å². The molecular weight excluding hydrogens is 290 g/mol. The molecule has 1 rings (SSSR count). The number of rotatable bonds is 7. The molecule has 0 saturated carbocycles. The summed E-state index contributed by atoms with van der Waals surface area (Å²) in [6.07, 6.45) is 0.769. The molecule has 2 atom stereocenters. The zero-order valence-electron chi connectivity index (χ0n) is 14.8. The van der Waals surface area contributed by atoms with Crippen LogP contribution in [-0.4, -0.2) is 29.4 Å². The van der Waals surface area contributed by atoms with Gasteiger partial charge in [0.05, 0.1) is 0 Å². The van der Waals surface area contributed by atoms with Gasteiger partial charge in [0.25, 0.3) is 5.91 Å². The van der Waals surface area contributed by atoms with E-state index in [9.17, 15) is 9.59 Å². The van der Waals surface area contributed by atoms with Crippen LogP contribution in [0.4, 0.5) is 0 Å². The lowest BCUT2D eigenvalue weighted by atomic mass is 9.83. The van der Waals surface area contributed by atoms with E-state index in [1.165, 1.54) is 0 Å². The van der Waals surface area contributed by atoms with Crippen LogP contribution < -0.4 is 16.4 Å². The van der Waals surface area contributed by atoms with Crippen molar-refractivity contribution in [1.82, 2.24) is 10.6 Å². The van der Waals surface area contributed by atoms with Gasteiger partial charge in [-0.25, -0.2) is 0 Å². The first-order valence-electron chi connectivity index (χ1n) is 8.05. The molecule has 0 radical (unpaired) electrons. The molecule has 2 amide bonds. The van der Waals surface area contributed by atoms with Crippen molar-refractivity contribution in [2.24, 2.45) is 11.7 Å². The van der Waals surface area contributed by atoms with Crippen molar-refractivity contribution in [3.8, 4) is 0 Å². The standard InChI is InChI=1S/C18H29N3O2/c1-6-13(2)18(5,16(23)20-12-17(3,4)19)21-15(22)14-10-8-7-9-11-14/h7-11,13H,6,12,19H2,1-5H3,(H,20,23)(H,21,22)/t13-,18-/m0/s1. The smallest absolute Gasteiger partial charge is 0.252 e. The van der Waals surface area contributed by atoms with Gasteiger partial charge in [-0.05, 0) is 38.8 Å². The molecule has 1 aromatic carbocycles. The Morgan fingerprint density at radius 1 is 1.17 bits per heavy atom. The summed E-state index contributed by atoms with van der Waals surface area (Å²) < 4.78 is 0. The molecule has 0 heterocycles. The first kappa shape index (κ1) is 19.2.